The molecule has 0 heterocycles. The molecule has 1 rings (SSSR count). The van der Waals surface area contributed by atoms with Crippen molar-refractivity contribution in [3.05, 3.63) is 28.8 Å². The predicted molar refractivity (Wildman–Crippen MR) is 65.6 cm³/mol. The lowest BCUT2D eigenvalue weighted by molar-refractivity contribution is 1.31. The highest BCUT2D eigenvalue weighted by molar-refractivity contribution is 9.09. The van der Waals surface area contributed by atoms with E-state index in [1.165, 1.54) is 0 Å². The number of alkyl halides is 1. The molecule has 0 radical (unpaired) electrons. The van der Waals surface area contributed by atoms with Crippen molar-refractivity contribution in [2.24, 2.45) is 0 Å². The molecule has 2 N–H and O–H groups in total. The van der Waals surface area contributed by atoms with Gasteiger partial charge in [-0.3, -0.25) is 0 Å². The summed E-state index contributed by atoms with van der Waals surface area (Å²) < 4.78 is 0. The topological polar surface area (TPSA) is 26.0 Å². The molecule has 0 unspecified atom stereocenters. The summed E-state index contributed by atoms with van der Waals surface area (Å²) in [6.07, 6.45) is 0.877. The van der Waals surface area contributed by atoms with Crippen LogP contribution < -0.4 is 5.73 Å². The van der Waals surface area contributed by atoms with E-state index >= 15 is 0 Å². The van der Waals surface area contributed by atoms with Crippen LogP contribution in [0.15, 0.2) is 12.1 Å². The van der Waals surface area contributed by atoms with Gasteiger partial charge in [-0.1, -0.05) is 27.8 Å². The molecule has 14 heavy (non-hydrogen) atoms. The van der Waals surface area contributed by atoms with E-state index in [1.807, 2.05) is 26.0 Å². The maximum absolute atomic E-state index is 5.85. The highest BCUT2D eigenvalue weighted by atomic mass is 79.9. The quantitative estimate of drug-likeness (QED) is 0.464. The second-order valence-corrected chi connectivity index (χ2v) is 4.06. The molecule has 0 aliphatic rings. The first-order valence-corrected chi connectivity index (χ1v) is 5.69. The van der Waals surface area contributed by atoms with Gasteiger partial charge >= 0.3 is 0 Å². The summed E-state index contributed by atoms with van der Waals surface area (Å²) >= 11 is 3.34. The third-order valence-electron chi connectivity index (χ3n) is 2.05. The van der Waals surface area contributed by atoms with Crippen LogP contribution >= 0.6 is 15.9 Å². The van der Waals surface area contributed by atoms with Crippen LogP contribution in [0.4, 0.5) is 5.69 Å². The van der Waals surface area contributed by atoms with Crippen LogP contribution in [0.2, 0.25) is 0 Å². The number of aryl methyl sites for hydroxylation is 2. The first-order valence-electron chi connectivity index (χ1n) is 4.56. The van der Waals surface area contributed by atoms with Gasteiger partial charge in [0.1, 0.15) is 0 Å². The zero-order valence-electron chi connectivity index (χ0n) is 8.52. The lowest BCUT2D eigenvalue weighted by atomic mass is 10.1. The molecule has 2 heteroatoms. The van der Waals surface area contributed by atoms with E-state index in [0.717, 1.165) is 34.1 Å². The van der Waals surface area contributed by atoms with Crippen LogP contribution in [-0.2, 0) is 0 Å². The molecule has 1 aromatic carbocycles. The summed E-state index contributed by atoms with van der Waals surface area (Å²) in [4.78, 5) is 0. The Labute approximate surface area is 93.8 Å². The highest BCUT2D eigenvalue weighted by Gasteiger charge is 1.98. The van der Waals surface area contributed by atoms with E-state index in [4.69, 9.17) is 5.73 Å². The van der Waals surface area contributed by atoms with Crippen molar-refractivity contribution in [2.75, 3.05) is 11.1 Å². The largest absolute Gasteiger partial charge is 0.398 e. The summed E-state index contributed by atoms with van der Waals surface area (Å²) in [6.45, 7) is 4.02. The number of anilines is 1. The SMILES string of the molecule is Cc1cc(C#CCCBr)cc(C)c1N. The number of nitrogens with two attached hydrogens (primary N) is 1. The monoisotopic (exact) mass is 251 g/mol. The summed E-state index contributed by atoms with van der Waals surface area (Å²) in [7, 11) is 0. The third kappa shape index (κ3) is 2.78. The van der Waals surface area contributed by atoms with Gasteiger partial charge in [-0.05, 0) is 37.1 Å². The zero-order chi connectivity index (χ0) is 10.6. The highest BCUT2D eigenvalue weighted by Crippen LogP contribution is 2.17. The molecule has 0 spiro atoms. The molecule has 0 amide bonds. The van der Waals surface area contributed by atoms with E-state index in [9.17, 15) is 0 Å². The van der Waals surface area contributed by atoms with Gasteiger partial charge in [0.05, 0.1) is 0 Å². The van der Waals surface area contributed by atoms with Gasteiger partial charge in [0.2, 0.25) is 0 Å². The van der Waals surface area contributed by atoms with Gasteiger partial charge in [0.15, 0.2) is 0 Å². The minimum absolute atomic E-state index is 0.871. The van der Waals surface area contributed by atoms with E-state index < -0.39 is 0 Å². The van der Waals surface area contributed by atoms with Gasteiger partial charge in [-0.15, -0.1) is 0 Å². The van der Waals surface area contributed by atoms with Crippen LogP contribution in [0.3, 0.4) is 0 Å². The van der Waals surface area contributed by atoms with Crippen molar-refractivity contribution in [1.82, 2.24) is 0 Å². The molecule has 0 saturated carbocycles. The number of hydrogen-bond acceptors (Lipinski definition) is 1. The fourth-order valence-corrected chi connectivity index (χ4v) is 1.46. The summed E-state index contributed by atoms with van der Waals surface area (Å²) in [5.74, 6) is 6.21. The molecule has 0 aliphatic carbocycles. The van der Waals surface area contributed by atoms with E-state index in [-0.39, 0.29) is 0 Å². The molecule has 0 atom stereocenters. The lowest BCUT2D eigenvalue weighted by Crippen LogP contribution is -1.94. The van der Waals surface area contributed by atoms with Crippen molar-refractivity contribution >= 4 is 21.6 Å². The van der Waals surface area contributed by atoms with Gasteiger partial charge in [-0.2, -0.15) is 0 Å². The zero-order valence-corrected chi connectivity index (χ0v) is 10.1. The molecule has 0 saturated heterocycles. The fraction of sp³-hybridized carbons (Fsp3) is 0.333. The summed E-state index contributed by atoms with van der Waals surface area (Å²) in [6, 6.07) is 4.06. The van der Waals surface area contributed by atoms with Crippen LogP contribution in [0.25, 0.3) is 0 Å². The molecule has 0 fully saturated rings. The molecule has 74 valence electrons. The summed E-state index contributed by atoms with van der Waals surface area (Å²) in [5.41, 5.74) is 9.98. The smallest absolute Gasteiger partial charge is 0.0374 e. The number of hydrogen-bond donors (Lipinski definition) is 1. The Kier molecular flexibility index (Phi) is 4.03. The Hall–Kier alpha value is -0.940. The number of rotatable bonds is 1. The molecule has 0 bridgehead atoms. The predicted octanol–water partition coefficient (Wildman–Crippen LogP) is 3.02. The Morgan fingerprint density at radius 3 is 2.36 bits per heavy atom. The Bertz CT molecular complexity index is 362. The van der Waals surface area contributed by atoms with Crippen LogP contribution in [0.1, 0.15) is 23.1 Å². The van der Waals surface area contributed by atoms with Crippen molar-refractivity contribution in [2.45, 2.75) is 20.3 Å². The summed E-state index contributed by atoms with van der Waals surface area (Å²) in [5, 5.41) is 0.924. The van der Waals surface area contributed by atoms with Crippen molar-refractivity contribution in [3.63, 3.8) is 0 Å². The van der Waals surface area contributed by atoms with E-state index in [1.54, 1.807) is 0 Å². The van der Waals surface area contributed by atoms with Crippen molar-refractivity contribution in [3.8, 4) is 11.8 Å². The maximum atomic E-state index is 5.85. The molecule has 0 aliphatic heterocycles. The first kappa shape index (κ1) is 11.1. The van der Waals surface area contributed by atoms with E-state index in [2.05, 4.69) is 27.8 Å². The molecule has 1 aromatic rings. The number of nitrogen functional groups attached to an aromatic ring is 1. The molecule has 1 nitrogen and oxygen atoms in total. The third-order valence-corrected chi connectivity index (χ3v) is 2.44. The Morgan fingerprint density at radius 1 is 1.29 bits per heavy atom. The molecular formula is C12H14BrN. The normalized spacial score (nSPS) is 9.36. The minimum Gasteiger partial charge on any atom is -0.398 e. The average molecular weight is 252 g/mol. The van der Waals surface area contributed by atoms with Crippen LogP contribution in [0, 0.1) is 25.7 Å². The first-order chi connectivity index (χ1) is 6.65. The van der Waals surface area contributed by atoms with Gasteiger partial charge in [0.25, 0.3) is 0 Å². The lowest BCUT2D eigenvalue weighted by Gasteiger charge is -2.04. The van der Waals surface area contributed by atoms with E-state index in [0.29, 0.717) is 0 Å². The van der Waals surface area contributed by atoms with Crippen molar-refractivity contribution < 1.29 is 0 Å². The minimum atomic E-state index is 0.871. The second kappa shape index (κ2) is 5.07. The van der Waals surface area contributed by atoms with Gasteiger partial charge < -0.3 is 5.73 Å². The second-order valence-electron chi connectivity index (χ2n) is 3.26. The average Bonchev–Trinajstić information content (AvgIpc) is 2.14. The Balaban J connectivity index is 2.97. The molecular weight excluding hydrogens is 238 g/mol. The van der Waals surface area contributed by atoms with Gasteiger partial charge in [0, 0.05) is 23.0 Å². The van der Waals surface area contributed by atoms with Crippen molar-refractivity contribution in [1.29, 1.82) is 0 Å². The van der Waals surface area contributed by atoms with Gasteiger partial charge in [-0.25, -0.2) is 0 Å². The maximum Gasteiger partial charge on any atom is 0.0374 e. The fourth-order valence-electron chi connectivity index (χ4n) is 1.26. The number of halogens is 1. The van der Waals surface area contributed by atoms with Crippen LogP contribution in [0.5, 0.6) is 0 Å². The number of benzene rings is 1. The Morgan fingerprint density at radius 2 is 1.86 bits per heavy atom. The molecule has 0 aromatic heterocycles. The van der Waals surface area contributed by atoms with Crippen LogP contribution in [-0.4, -0.2) is 5.33 Å². The standard InChI is InChI=1S/C12H14BrN/c1-9-7-11(5-3-4-6-13)8-10(2)12(9)14/h7-8H,4,6,14H2,1-2H3.